The van der Waals surface area contributed by atoms with Crippen molar-refractivity contribution >= 4 is 21.6 Å². The Labute approximate surface area is 105 Å². The standard InChI is InChI=1S/C13H16BrNO/c1-10-4-6-15(7-5-10)13-8-12(14)3-2-11(13)9-16/h2-4,8,16H,5-7,9H2,1H3. The Bertz CT molecular complexity index is 414. The van der Waals surface area contributed by atoms with Gasteiger partial charge in [0, 0.05) is 28.8 Å². The van der Waals surface area contributed by atoms with Crippen molar-refractivity contribution in [3.05, 3.63) is 39.9 Å². The van der Waals surface area contributed by atoms with E-state index in [1.165, 1.54) is 5.57 Å². The zero-order chi connectivity index (χ0) is 11.5. The van der Waals surface area contributed by atoms with Gasteiger partial charge in [-0.3, -0.25) is 0 Å². The fourth-order valence-corrected chi connectivity index (χ4v) is 2.30. The molecule has 0 saturated heterocycles. The largest absolute Gasteiger partial charge is 0.392 e. The predicted octanol–water partition coefficient (Wildman–Crippen LogP) is 3.10. The molecule has 0 saturated carbocycles. The fraction of sp³-hybridized carbons (Fsp3) is 0.385. The summed E-state index contributed by atoms with van der Waals surface area (Å²) in [6.07, 6.45) is 3.36. The van der Waals surface area contributed by atoms with Crippen molar-refractivity contribution in [3.63, 3.8) is 0 Å². The van der Waals surface area contributed by atoms with E-state index < -0.39 is 0 Å². The van der Waals surface area contributed by atoms with Gasteiger partial charge in [-0.2, -0.15) is 0 Å². The van der Waals surface area contributed by atoms with Crippen LogP contribution in [0.1, 0.15) is 18.9 Å². The van der Waals surface area contributed by atoms with Crippen LogP contribution in [0.25, 0.3) is 0 Å². The molecule has 1 N–H and O–H groups in total. The molecule has 0 unspecified atom stereocenters. The van der Waals surface area contributed by atoms with Gasteiger partial charge in [-0.25, -0.2) is 0 Å². The third-order valence-electron chi connectivity index (χ3n) is 2.99. The van der Waals surface area contributed by atoms with Gasteiger partial charge in [0.05, 0.1) is 6.61 Å². The van der Waals surface area contributed by atoms with Crippen LogP contribution in [0, 0.1) is 0 Å². The van der Waals surface area contributed by atoms with Gasteiger partial charge in [-0.1, -0.05) is 33.6 Å². The molecule has 86 valence electrons. The lowest BCUT2D eigenvalue weighted by Crippen LogP contribution is -2.29. The number of hydrogen-bond acceptors (Lipinski definition) is 2. The lowest BCUT2D eigenvalue weighted by atomic mass is 10.1. The molecule has 2 rings (SSSR count). The first-order chi connectivity index (χ1) is 7.70. The van der Waals surface area contributed by atoms with Crippen LogP contribution in [0.5, 0.6) is 0 Å². The Balaban J connectivity index is 2.29. The predicted molar refractivity (Wildman–Crippen MR) is 70.7 cm³/mol. The van der Waals surface area contributed by atoms with Gasteiger partial charge in [0.15, 0.2) is 0 Å². The van der Waals surface area contributed by atoms with Crippen LogP contribution in [0.15, 0.2) is 34.3 Å². The lowest BCUT2D eigenvalue weighted by molar-refractivity contribution is 0.282. The van der Waals surface area contributed by atoms with Gasteiger partial charge in [0.1, 0.15) is 0 Å². The number of hydrogen-bond donors (Lipinski definition) is 1. The van der Waals surface area contributed by atoms with Gasteiger partial charge in [-0.15, -0.1) is 0 Å². The molecule has 3 heteroatoms. The molecule has 0 amide bonds. The van der Waals surface area contributed by atoms with Gasteiger partial charge in [-0.05, 0) is 25.5 Å². The first-order valence-corrected chi connectivity index (χ1v) is 6.30. The highest BCUT2D eigenvalue weighted by molar-refractivity contribution is 9.10. The molecule has 0 aliphatic carbocycles. The number of aliphatic hydroxyl groups is 1. The maximum absolute atomic E-state index is 9.33. The lowest BCUT2D eigenvalue weighted by Gasteiger charge is -2.29. The van der Waals surface area contributed by atoms with Crippen molar-refractivity contribution in [2.24, 2.45) is 0 Å². The molecule has 0 spiro atoms. The Hall–Kier alpha value is -0.800. The Morgan fingerprint density at radius 2 is 2.25 bits per heavy atom. The zero-order valence-corrected chi connectivity index (χ0v) is 11.0. The van der Waals surface area contributed by atoms with E-state index in [2.05, 4.69) is 39.9 Å². The second-order valence-corrected chi connectivity index (χ2v) is 5.09. The summed E-state index contributed by atoms with van der Waals surface area (Å²) in [6, 6.07) is 6.03. The normalized spacial score (nSPS) is 16.2. The summed E-state index contributed by atoms with van der Waals surface area (Å²) in [6.45, 7) is 4.24. The van der Waals surface area contributed by atoms with E-state index in [0.717, 1.165) is 35.2 Å². The smallest absolute Gasteiger partial charge is 0.0702 e. The highest BCUT2D eigenvalue weighted by Crippen LogP contribution is 2.27. The topological polar surface area (TPSA) is 23.5 Å². The van der Waals surface area contributed by atoms with Crippen LogP contribution >= 0.6 is 15.9 Å². The van der Waals surface area contributed by atoms with Crippen molar-refractivity contribution < 1.29 is 5.11 Å². The van der Waals surface area contributed by atoms with Crippen molar-refractivity contribution in [3.8, 4) is 0 Å². The van der Waals surface area contributed by atoms with Crippen molar-refractivity contribution in [1.82, 2.24) is 0 Å². The minimum atomic E-state index is 0.0990. The van der Waals surface area contributed by atoms with E-state index in [1.807, 2.05) is 12.1 Å². The van der Waals surface area contributed by atoms with E-state index in [0.29, 0.717) is 0 Å². The molecule has 0 bridgehead atoms. The minimum absolute atomic E-state index is 0.0990. The Morgan fingerprint density at radius 1 is 1.44 bits per heavy atom. The second-order valence-electron chi connectivity index (χ2n) is 4.18. The third kappa shape index (κ3) is 2.47. The Morgan fingerprint density at radius 3 is 2.88 bits per heavy atom. The van der Waals surface area contributed by atoms with E-state index in [4.69, 9.17) is 0 Å². The van der Waals surface area contributed by atoms with Gasteiger partial charge in [0.2, 0.25) is 0 Å². The molecule has 0 radical (unpaired) electrons. The fourth-order valence-electron chi connectivity index (χ4n) is 1.95. The molecule has 1 aromatic rings. The molecule has 16 heavy (non-hydrogen) atoms. The molecule has 1 aliphatic rings. The molecular weight excluding hydrogens is 266 g/mol. The third-order valence-corrected chi connectivity index (χ3v) is 3.49. The summed E-state index contributed by atoms with van der Waals surface area (Å²) >= 11 is 3.48. The van der Waals surface area contributed by atoms with Crippen LogP contribution < -0.4 is 4.90 Å². The number of aliphatic hydroxyl groups excluding tert-OH is 1. The van der Waals surface area contributed by atoms with Gasteiger partial charge in [0.25, 0.3) is 0 Å². The Kier molecular flexibility index (Phi) is 3.66. The molecular formula is C13H16BrNO. The summed E-state index contributed by atoms with van der Waals surface area (Å²) in [5.74, 6) is 0. The summed E-state index contributed by atoms with van der Waals surface area (Å²) in [5, 5.41) is 9.33. The number of halogens is 1. The number of anilines is 1. The summed E-state index contributed by atoms with van der Waals surface area (Å²) < 4.78 is 1.06. The maximum atomic E-state index is 9.33. The van der Waals surface area contributed by atoms with Crippen LogP contribution in [0.3, 0.4) is 0 Å². The van der Waals surface area contributed by atoms with E-state index in [-0.39, 0.29) is 6.61 Å². The van der Waals surface area contributed by atoms with Crippen LogP contribution in [-0.2, 0) is 6.61 Å². The summed E-state index contributed by atoms with van der Waals surface area (Å²) in [7, 11) is 0. The number of benzene rings is 1. The average Bonchev–Trinajstić information content (AvgIpc) is 2.30. The molecule has 0 atom stereocenters. The summed E-state index contributed by atoms with van der Waals surface area (Å²) in [4.78, 5) is 2.31. The first-order valence-electron chi connectivity index (χ1n) is 5.50. The van der Waals surface area contributed by atoms with E-state index in [9.17, 15) is 5.11 Å². The monoisotopic (exact) mass is 281 g/mol. The molecule has 1 heterocycles. The highest BCUT2D eigenvalue weighted by atomic mass is 79.9. The molecule has 1 aromatic carbocycles. The number of rotatable bonds is 2. The summed E-state index contributed by atoms with van der Waals surface area (Å²) in [5.41, 5.74) is 3.59. The van der Waals surface area contributed by atoms with E-state index >= 15 is 0 Å². The second kappa shape index (κ2) is 5.02. The zero-order valence-electron chi connectivity index (χ0n) is 9.41. The maximum Gasteiger partial charge on any atom is 0.0702 e. The molecule has 0 fully saturated rings. The van der Waals surface area contributed by atoms with Crippen LogP contribution in [0.2, 0.25) is 0 Å². The van der Waals surface area contributed by atoms with Gasteiger partial charge >= 0.3 is 0 Å². The molecule has 2 nitrogen and oxygen atoms in total. The van der Waals surface area contributed by atoms with Crippen LogP contribution in [0.4, 0.5) is 5.69 Å². The number of nitrogens with zero attached hydrogens (tertiary/aromatic N) is 1. The van der Waals surface area contributed by atoms with Crippen molar-refractivity contribution in [2.45, 2.75) is 20.0 Å². The SMILES string of the molecule is CC1=CCN(c2cc(Br)ccc2CO)CC1. The highest BCUT2D eigenvalue weighted by Gasteiger charge is 2.13. The first kappa shape index (κ1) is 11.7. The molecule has 0 aromatic heterocycles. The minimum Gasteiger partial charge on any atom is -0.392 e. The van der Waals surface area contributed by atoms with E-state index in [1.54, 1.807) is 0 Å². The van der Waals surface area contributed by atoms with Crippen molar-refractivity contribution in [1.29, 1.82) is 0 Å². The van der Waals surface area contributed by atoms with Gasteiger partial charge < -0.3 is 10.0 Å². The average molecular weight is 282 g/mol. The quantitative estimate of drug-likeness (QED) is 0.843. The molecule has 1 aliphatic heterocycles. The van der Waals surface area contributed by atoms with Crippen molar-refractivity contribution in [2.75, 3.05) is 18.0 Å². The van der Waals surface area contributed by atoms with Crippen LogP contribution in [-0.4, -0.2) is 18.2 Å².